The molecule has 3 rings (SSSR count). The van der Waals surface area contributed by atoms with Crippen LogP contribution in [0, 0.1) is 5.82 Å². The summed E-state index contributed by atoms with van der Waals surface area (Å²) < 4.78 is 14.4. The lowest BCUT2D eigenvalue weighted by Gasteiger charge is -2.05. The Kier molecular flexibility index (Phi) is 3.65. The highest BCUT2D eigenvalue weighted by Crippen LogP contribution is 2.34. The summed E-state index contributed by atoms with van der Waals surface area (Å²) in [6.07, 6.45) is 0. The van der Waals surface area contributed by atoms with E-state index in [9.17, 15) is 9.18 Å². The molecule has 0 aliphatic carbocycles. The standard InChI is InChI=1S/C15H10BrFN2OS/c16-10-7-8(5-6-11(10)17)19-15(20)14-13(18)9-3-1-2-4-12(9)21-14/h1-7H,18H2,(H,19,20). The number of amides is 1. The van der Waals surface area contributed by atoms with Gasteiger partial charge in [0.15, 0.2) is 0 Å². The van der Waals surface area contributed by atoms with Gasteiger partial charge in [-0.2, -0.15) is 0 Å². The largest absolute Gasteiger partial charge is 0.397 e. The predicted octanol–water partition coefficient (Wildman–Crippen LogP) is 4.64. The average Bonchev–Trinajstić information content (AvgIpc) is 2.81. The molecule has 0 saturated carbocycles. The Morgan fingerprint density at radius 1 is 1.24 bits per heavy atom. The van der Waals surface area contributed by atoms with E-state index in [1.54, 1.807) is 0 Å². The molecule has 1 aromatic heterocycles. The van der Waals surface area contributed by atoms with Gasteiger partial charge < -0.3 is 11.1 Å². The molecule has 0 unspecified atom stereocenters. The molecule has 1 amide bonds. The summed E-state index contributed by atoms with van der Waals surface area (Å²) in [6, 6.07) is 11.9. The van der Waals surface area contributed by atoms with E-state index >= 15 is 0 Å². The van der Waals surface area contributed by atoms with E-state index in [0.717, 1.165) is 10.1 Å². The first kappa shape index (κ1) is 14.0. The molecule has 1 heterocycles. The van der Waals surface area contributed by atoms with Gasteiger partial charge in [0.25, 0.3) is 5.91 Å². The number of thiophene rings is 1. The van der Waals surface area contributed by atoms with Crippen molar-refractivity contribution in [3.05, 3.63) is 57.6 Å². The summed E-state index contributed by atoms with van der Waals surface area (Å²) in [5.74, 6) is -0.679. The number of nitrogens with two attached hydrogens (primary N) is 1. The number of hydrogen-bond donors (Lipinski definition) is 2. The topological polar surface area (TPSA) is 55.1 Å². The number of benzene rings is 2. The minimum Gasteiger partial charge on any atom is -0.397 e. The molecule has 21 heavy (non-hydrogen) atoms. The molecule has 0 aliphatic rings. The second-order valence-corrected chi connectivity index (χ2v) is 6.33. The van der Waals surface area contributed by atoms with Crippen LogP contribution in [0.15, 0.2) is 46.9 Å². The first-order chi connectivity index (χ1) is 10.1. The second kappa shape index (κ2) is 5.46. The Labute approximate surface area is 132 Å². The van der Waals surface area contributed by atoms with E-state index in [2.05, 4.69) is 21.2 Å². The van der Waals surface area contributed by atoms with E-state index in [0.29, 0.717) is 20.7 Å². The minimum absolute atomic E-state index is 0.296. The molecule has 2 aromatic carbocycles. The number of nitrogens with one attached hydrogen (secondary N) is 1. The normalized spacial score (nSPS) is 10.8. The van der Waals surface area contributed by atoms with Crippen LogP contribution in [0.5, 0.6) is 0 Å². The fourth-order valence-corrected chi connectivity index (χ4v) is 3.39. The van der Waals surface area contributed by atoms with Crippen LogP contribution in [0.3, 0.4) is 0 Å². The van der Waals surface area contributed by atoms with E-state index < -0.39 is 0 Å². The van der Waals surface area contributed by atoms with E-state index in [4.69, 9.17) is 5.73 Å². The molecule has 106 valence electrons. The Morgan fingerprint density at radius 3 is 2.71 bits per heavy atom. The molecule has 0 radical (unpaired) electrons. The summed E-state index contributed by atoms with van der Waals surface area (Å²) in [4.78, 5) is 12.8. The molecule has 0 aliphatic heterocycles. The van der Waals surface area contributed by atoms with Crippen LogP contribution in [0.25, 0.3) is 10.1 Å². The van der Waals surface area contributed by atoms with Crippen LogP contribution in [0.1, 0.15) is 9.67 Å². The molecule has 6 heteroatoms. The van der Waals surface area contributed by atoms with Gasteiger partial charge in [-0.3, -0.25) is 4.79 Å². The smallest absolute Gasteiger partial charge is 0.267 e. The SMILES string of the molecule is Nc1c(C(=O)Nc2ccc(F)c(Br)c2)sc2ccccc12. The van der Waals surface area contributed by atoms with Gasteiger partial charge in [-0.1, -0.05) is 18.2 Å². The van der Waals surface area contributed by atoms with E-state index in [-0.39, 0.29) is 11.7 Å². The van der Waals surface area contributed by atoms with E-state index in [1.165, 1.54) is 29.5 Å². The van der Waals surface area contributed by atoms with Crippen molar-refractivity contribution in [3.63, 3.8) is 0 Å². The highest BCUT2D eigenvalue weighted by Gasteiger charge is 2.16. The first-order valence-electron chi connectivity index (χ1n) is 6.09. The highest BCUT2D eigenvalue weighted by molar-refractivity contribution is 9.10. The summed E-state index contributed by atoms with van der Waals surface area (Å²) >= 11 is 4.42. The number of hydrogen-bond acceptors (Lipinski definition) is 3. The highest BCUT2D eigenvalue weighted by atomic mass is 79.9. The molecule has 0 bridgehead atoms. The zero-order valence-corrected chi connectivity index (χ0v) is 13.1. The van der Waals surface area contributed by atoms with Gasteiger partial charge in [-0.15, -0.1) is 11.3 Å². The van der Waals surface area contributed by atoms with Crippen molar-refractivity contribution in [3.8, 4) is 0 Å². The van der Waals surface area contributed by atoms with Gasteiger partial charge in [-0.25, -0.2) is 4.39 Å². The number of rotatable bonds is 2. The van der Waals surface area contributed by atoms with Crippen molar-refractivity contribution in [2.45, 2.75) is 0 Å². The van der Waals surface area contributed by atoms with Crippen LogP contribution in [-0.4, -0.2) is 5.91 Å². The van der Waals surface area contributed by atoms with Crippen molar-refractivity contribution < 1.29 is 9.18 Å². The zero-order valence-electron chi connectivity index (χ0n) is 10.7. The molecule has 0 saturated heterocycles. The van der Waals surface area contributed by atoms with E-state index in [1.807, 2.05) is 24.3 Å². The number of carbonyl (C=O) groups is 1. The number of halogens is 2. The van der Waals surface area contributed by atoms with Crippen LogP contribution < -0.4 is 11.1 Å². The summed E-state index contributed by atoms with van der Waals surface area (Å²) in [5, 5.41) is 3.59. The fourth-order valence-electron chi connectivity index (χ4n) is 2.00. The Balaban J connectivity index is 1.93. The van der Waals surface area contributed by atoms with Crippen molar-refractivity contribution in [2.75, 3.05) is 11.1 Å². The molecule has 3 N–H and O–H groups in total. The maximum atomic E-state index is 13.2. The second-order valence-electron chi connectivity index (χ2n) is 4.42. The van der Waals surface area contributed by atoms with Gasteiger partial charge in [0.1, 0.15) is 10.7 Å². The molecule has 0 spiro atoms. The maximum absolute atomic E-state index is 13.2. The Hall–Kier alpha value is -1.92. The molecular formula is C15H10BrFN2OS. The number of carbonyl (C=O) groups excluding carboxylic acids is 1. The fraction of sp³-hybridized carbons (Fsp3) is 0. The first-order valence-corrected chi connectivity index (χ1v) is 7.70. The van der Waals surface area contributed by atoms with Crippen LogP contribution in [-0.2, 0) is 0 Å². The van der Waals surface area contributed by atoms with Crippen molar-refractivity contribution >= 4 is 54.6 Å². The van der Waals surface area contributed by atoms with Crippen LogP contribution >= 0.6 is 27.3 Å². The molecule has 0 atom stereocenters. The number of nitrogen functional groups attached to an aromatic ring is 1. The monoisotopic (exact) mass is 364 g/mol. The van der Waals surface area contributed by atoms with Crippen molar-refractivity contribution in [1.29, 1.82) is 0 Å². The lowest BCUT2D eigenvalue weighted by atomic mass is 10.2. The molecule has 3 aromatic rings. The average molecular weight is 365 g/mol. The molecule has 3 nitrogen and oxygen atoms in total. The Bertz CT molecular complexity index is 847. The lowest BCUT2D eigenvalue weighted by molar-refractivity contribution is 0.103. The van der Waals surface area contributed by atoms with Gasteiger partial charge >= 0.3 is 0 Å². The van der Waals surface area contributed by atoms with Crippen LogP contribution in [0.4, 0.5) is 15.8 Å². The third-order valence-corrected chi connectivity index (χ3v) is 4.81. The van der Waals surface area contributed by atoms with Crippen molar-refractivity contribution in [1.82, 2.24) is 0 Å². The maximum Gasteiger partial charge on any atom is 0.267 e. The quantitative estimate of drug-likeness (QED) is 0.695. The predicted molar refractivity (Wildman–Crippen MR) is 88.3 cm³/mol. The lowest BCUT2D eigenvalue weighted by Crippen LogP contribution is -2.12. The summed E-state index contributed by atoms with van der Waals surface area (Å²) in [7, 11) is 0. The molecule has 0 fully saturated rings. The van der Waals surface area contributed by atoms with Gasteiger partial charge in [0.05, 0.1) is 10.2 Å². The Morgan fingerprint density at radius 2 is 2.00 bits per heavy atom. The summed E-state index contributed by atoms with van der Waals surface area (Å²) in [6.45, 7) is 0. The van der Waals surface area contributed by atoms with Crippen molar-refractivity contribution in [2.24, 2.45) is 0 Å². The van der Waals surface area contributed by atoms with Gasteiger partial charge in [0, 0.05) is 15.8 Å². The zero-order chi connectivity index (χ0) is 15.0. The summed E-state index contributed by atoms with van der Waals surface area (Å²) in [5.41, 5.74) is 7.00. The number of anilines is 2. The van der Waals surface area contributed by atoms with Gasteiger partial charge in [0.2, 0.25) is 0 Å². The van der Waals surface area contributed by atoms with Crippen LogP contribution in [0.2, 0.25) is 0 Å². The number of fused-ring (bicyclic) bond motifs is 1. The third kappa shape index (κ3) is 2.64. The minimum atomic E-state index is -0.380. The van der Waals surface area contributed by atoms with Gasteiger partial charge in [-0.05, 0) is 40.2 Å². The molecular weight excluding hydrogens is 355 g/mol. The third-order valence-electron chi connectivity index (χ3n) is 3.02.